The number of ether oxygens (including phenoxy) is 1. The Labute approximate surface area is 108 Å². The maximum Gasteiger partial charge on any atom is 0.0984 e. The Hall–Kier alpha value is -1.17. The summed E-state index contributed by atoms with van der Waals surface area (Å²) in [4.78, 5) is 6.55. The number of hydrogen-bond acceptors (Lipinski definition) is 5. The van der Waals surface area contributed by atoms with Crippen molar-refractivity contribution in [1.29, 1.82) is 0 Å². The van der Waals surface area contributed by atoms with Gasteiger partial charge in [0.2, 0.25) is 0 Å². The summed E-state index contributed by atoms with van der Waals surface area (Å²) in [5.74, 6) is 0. The molecule has 2 heterocycles. The number of morpholine rings is 1. The number of aliphatic hydroxyl groups is 1. The van der Waals surface area contributed by atoms with Gasteiger partial charge in [-0.2, -0.15) is 0 Å². The Morgan fingerprint density at radius 3 is 2.89 bits per heavy atom. The lowest BCUT2D eigenvalue weighted by molar-refractivity contribution is -0.0421. The van der Waals surface area contributed by atoms with Crippen LogP contribution in [0.2, 0.25) is 0 Å². The SMILES string of the molecule is CC1CN(c2ccc(C(C)N)nc2)CC(CO)O1. The van der Waals surface area contributed by atoms with Crippen LogP contribution in [0.3, 0.4) is 0 Å². The van der Waals surface area contributed by atoms with Crippen LogP contribution < -0.4 is 10.6 Å². The Balaban J connectivity index is 2.10. The summed E-state index contributed by atoms with van der Waals surface area (Å²) in [5, 5.41) is 9.21. The third-order valence-electron chi connectivity index (χ3n) is 3.13. The summed E-state index contributed by atoms with van der Waals surface area (Å²) in [6.07, 6.45) is 1.83. The van der Waals surface area contributed by atoms with Crippen LogP contribution in [0.1, 0.15) is 25.6 Å². The van der Waals surface area contributed by atoms with Crippen molar-refractivity contribution in [2.75, 3.05) is 24.6 Å². The van der Waals surface area contributed by atoms with Crippen LogP contribution >= 0.6 is 0 Å². The summed E-state index contributed by atoms with van der Waals surface area (Å²) >= 11 is 0. The topological polar surface area (TPSA) is 71.6 Å². The van der Waals surface area contributed by atoms with Crippen molar-refractivity contribution >= 4 is 5.69 Å². The Kier molecular flexibility index (Phi) is 4.16. The van der Waals surface area contributed by atoms with E-state index in [1.165, 1.54) is 0 Å². The van der Waals surface area contributed by atoms with Crippen molar-refractivity contribution in [2.24, 2.45) is 5.73 Å². The molecule has 0 saturated carbocycles. The van der Waals surface area contributed by atoms with E-state index in [0.717, 1.165) is 17.9 Å². The lowest BCUT2D eigenvalue weighted by Gasteiger charge is -2.37. The predicted octanol–water partition coefficient (Wildman–Crippen LogP) is 0.687. The second kappa shape index (κ2) is 5.65. The van der Waals surface area contributed by atoms with Gasteiger partial charge in [-0.15, -0.1) is 0 Å². The first kappa shape index (κ1) is 13.3. The fourth-order valence-electron chi connectivity index (χ4n) is 2.21. The van der Waals surface area contributed by atoms with E-state index in [0.29, 0.717) is 6.54 Å². The molecule has 1 fully saturated rings. The van der Waals surface area contributed by atoms with Crippen LogP contribution in [0.15, 0.2) is 18.3 Å². The third-order valence-corrected chi connectivity index (χ3v) is 3.13. The van der Waals surface area contributed by atoms with E-state index in [2.05, 4.69) is 9.88 Å². The van der Waals surface area contributed by atoms with Crippen LogP contribution in [0.5, 0.6) is 0 Å². The molecule has 5 nitrogen and oxygen atoms in total. The van der Waals surface area contributed by atoms with Crippen molar-refractivity contribution in [3.05, 3.63) is 24.0 Å². The number of aliphatic hydroxyl groups excluding tert-OH is 1. The molecule has 1 aromatic rings. The summed E-state index contributed by atoms with van der Waals surface area (Å²) in [6, 6.07) is 3.93. The highest BCUT2D eigenvalue weighted by molar-refractivity contribution is 5.45. The van der Waals surface area contributed by atoms with Gasteiger partial charge in [-0.25, -0.2) is 0 Å². The molecular weight excluding hydrogens is 230 g/mol. The number of aromatic nitrogens is 1. The quantitative estimate of drug-likeness (QED) is 0.827. The fourth-order valence-corrected chi connectivity index (χ4v) is 2.21. The molecule has 0 spiro atoms. The van der Waals surface area contributed by atoms with E-state index in [-0.39, 0.29) is 24.9 Å². The van der Waals surface area contributed by atoms with Gasteiger partial charge in [0.1, 0.15) is 0 Å². The fraction of sp³-hybridized carbons (Fsp3) is 0.615. The molecule has 3 unspecified atom stereocenters. The second-order valence-corrected chi connectivity index (χ2v) is 4.89. The summed E-state index contributed by atoms with van der Waals surface area (Å²) in [6.45, 7) is 5.49. The lowest BCUT2D eigenvalue weighted by Crippen LogP contribution is -2.48. The van der Waals surface area contributed by atoms with Crippen molar-refractivity contribution in [3.8, 4) is 0 Å². The van der Waals surface area contributed by atoms with E-state index in [1.54, 1.807) is 0 Å². The minimum atomic E-state index is -0.123. The number of nitrogens with zero attached hydrogens (tertiary/aromatic N) is 2. The first-order chi connectivity index (χ1) is 8.60. The monoisotopic (exact) mass is 251 g/mol. The Bertz CT molecular complexity index is 380. The highest BCUT2D eigenvalue weighted by atomic mass is 16.5. The molecule has 1 aliphatic rings. The first-order valence-corrected chi connectivity index (χ1v) is 6.33. The average molecular weight is 251 g/mol. The largest absolute Gasteiger partial charge is 0.394 e. The Morgan fingerprint density at radius 2 is 2.33 bits per heavy atom. The van der Waals surface area contributed by atoms with Crippen LogP contribution in [-0.2, 0) is 4.74 Å². The number of hydrogen-bond donors (Lipinski definition) is 2. The van der Waals surface area contributed by atoms with Crippen LogP contribution in [-0.4, -0.2) is 42.0 Å². The van der Waals surface area contributed by atoms with Crippen molar-refractivity contribution in [3.63, 3.8) is 0 Å². The molecule has 3 atom stereocenters. The average Bonchev–Trinajstić information content (AvgIpc) is 2.38. The smallest absolute Gasteiger partial charge is 0.0984 e. The van der Waals surface area contributed by atoms with Gasteiger partial charge in [0, 0.05) is 19.1 Å². The molecule has 0 bridgehead atoms. The van der Waals surface area contributed by atoms with Gasteiger partial charge >= 0.3 is 0 Å². The number of anilines is 1. The molecule has 1 aromatic heterocycles. The van der Waals surface area contributed by atoms with Gasteiger partial charge in [-0.05, 0) is 26.0 Å². The second-order valence-electron chi connectivity index (χ2n) is 4.89. The molecule has 100 valence electrons. The zero-order chi connectivity index (χ0) is 13.1. The highest BCUT2D eigenvalue weighted by Gasteiger charge is 2.25. The summed E-state index contributed by atoms with van der Waals surface area (Å²) in [7, 11) is 0. The molecular formula is C13H21N3O2. The number of pyridine rings is 1. The van der Waals surface area contributed by atoms with Crippen LogP contribution in [0, 0.1) is 0 Å². The molecule has 1 saturated heterocycles. The zero-order valence-electron chi connectivity index (χ0n) is 10.9. The highest BCUT2D eigenvalue weighted by Crippen LogP contribution is 2.20. The van der Waals surface area contributed by atoms with Gasteiger partial charge < -0.3 is 20.5 Å². The predicted molar refractivity (Wildman–Crippen MR) is 70.5 cm³/mol. The van der Waals surface area contributed by atoms with Crippen LogP contribution in [0.4, 0.5) is 5.69 Å². The van der Waals surface area contributed by atoms with E-state index in [4.69, 9.17) is 10.5 Å². The van der Waals surface area contributed by atoms with Gasteiger partial charge in [0.05, 0.1) is 36.4 Å². The Morgan fingerprint density at radius 1 is 1.56 bits per heavy atom. The van der Waals surface area contributed by atoms with E-state index in [1.807, 2.05) is 32.2 Å². The molecule has 0 amide bonds. The number of nitrogens with two attached hydrogens (primary N) is 1. The maximum absolute atomic E-state index is 9.21. The molecule has 2 rings (SSSR count). The van der Waals surface area contributed by atoms with Gasteiger partial charge in [-0.1, -0.05) is 0 Å². The minimum Gasteiger partial charge on any atom is -0.394 e. The third kappa shape index (κ3) is 2.98. The molecule has 5 heteroatoms. The molecule has 0 aliphatic carbocycles. The molecule has 1 aliphatic heterocycles. The summed E-state index contributed by atoms with van der Waals surface area (Å²) in [5.41, 5.74) is 7.72. The van der Waals surface area contributed by atoms with Gasteiger partial charge in [0.25, 0.3) is 0 Å². The summed E-state index contributed by atoms with van der Waals surface area (Å²) < 4.78 is 5.62. The van der Waals surface area contributed by atoms with Gasteiger partial charge in [0.15, 0.2) is 0 Å². The first-order valence-electron chi connectivity index (χ1n) is 6.33. The standard InChI is InChI=1S/C13H21N3O2/c1-9-6-16(7-12(8-17)18-9)11-3-4-13(10(2)14)15-5-11/h3-5,9-10,12,17H,6-8,14H2,1-2H3. The number of rotatable bonds is 3. The van der Waals surface area contributed by atoms with Crippen molar-refractivity contribution in [1.82, 2.24) is 4.98 Å². The minimum absolute atomic E-state index is 0.0478. The maximum atomic E-state index is 9.21. The molecule has 0 aromatic carbocycles. The van der Waals surface area contributed by atoms with Crippen LogP contribution in [0.25, 0.3) is 0 Å². The molecule has 0 radical (unpaired) electrons. The molecule has 18 heavy (non-hydrogen) atoms. The normalized spacial score (nSPS) is 26.1. The zero-order valence-corrected chi connectivity index (χ0v) is 10.9. The van der Waals surface area contributed by atoms with Crippen molar-refractivity contribution < 1.29 is 9.84 Å². The van der Waals surface area contributed by atoms with Crippen molar-refractivity contribution in [2.45, 2.75) is 32.1 Å². The van der Waals surface area contributed by atoms with Gasteiger partial charge in [-0.3, -0.25) is 4.98 Å². The lowest BCUT2D eigenvalue weighted by atomic mass is 10.2. The van der Waals surface area contributed by atoms with E-state index >= 15 is 0 Å². The van der Waals surface area contributed by atoms with E-state index < -0.39 is 0 Å². The van der Waals surface area contributed by atoms with E-state index in [9.17, 15) is 5.11 Å². The molecule has 3 N–H and O–H groups in total.